The first-order chi connectivity index (χ1) is 8.88. The third-order valence-corrected chi connectivity index (χ3v) is 3.32. The standard InChI is InChI=1S/C16H16N2/c1-2-16-17-14-10-6-7-11-15(14)18(16)12-13-8-4-3-5-9-13/h3-11H,2,12H2,1H3/p+1. The molecule has 1 N–H and O–H groups in total. The fourth-order valence-corrected chi connectivity index (χ4v) is 2.41. The SMILES string of the molecule is CCc1[nH]c2ccccc2[n+]1Cc1ccccc1. The summed E-state index contributed by atoms with van der Waals surface area (Å²) in [5.41, 5.74) is 3.82. The van der Waals surface area contributed by atoms with Gasteiger partial charge in [0.05, 0.1) is 0 Å². The predicted molar refractivity (Wildman–Crippen MR) is 73.4 cm³/mol. The summed E-state index contributed by atoms with van der Waals surface area (Å²) in [6.45, 7) is 3.11. The quantitative estimate of drug-likeness (QED) is 0.675. The molecular weight excluding hydrogens is 220 g/mol. The number of hydrogen-bond donors (Lipinski definition) is 1. The van der Waals surface area contributed by atoms with Gasteiger partial charge in [-0.3, -0.25) is 0 Å². The van der Waals surface area contributed by atoms with Crippen LogP contribution in [0.15, 0.2) is 54.6 Å². The minimum atomic E-state index is 0.925. The van der Waals surface area contributed by atoms with Crippen LogP contribution >= 0.6 is 0 Å². The van der Waals surface area contributed by atoms with Gasteiger partial charge in [-0.15, -0.1) is 0 Å². The van der Waals surface area contributed by atoms with Crippen LogP contribution in [0, 0.1) is 0 Å². The van der Waals surface area contributed by atoms with E-state index in [1.165, 1.54) is 22.4 Å². The number of aryl methyl sites for hydroxylation is 1. The molecular formula is C16H17N2+. The molecule has 0 aliphatic rings. The molecule has 0 fully saturated rings. The topological polar surface area (TPSA) is 19.7 Å². The molecule has 0 amide bonds. The summed E-state index contributed by atoms with van der Waals surface area (Å²) in [4.78, 5) is 3.50. The van der Waals surface area contributed by atoms with Gasteiger partial charge in [0.25, 0.3) is 5.82 Å². The summed E-state index contributed by atoms with van der Waals surface area (Å²) in [7, 11) is 0. The largest absolute Gasteiger partial charge is 0.255 e. The van der Waals surface area contributed by atoms with Crippen LogP contribution in [0.5, 0.6) is 0 Å². The maximum Gasteiger partial charge on any atom is 0.255 e. The highest BCUT2D eigenvalue weighted by molar-refractivity contribution is 5.71. The Balaban J connectivity index is 2.10. The van der Waals surface area contributed by atoms with Crippen LogP contribution < -0.4 is 4.57 Å². The Hall–Kier alpha value is -2.09. The van der Waals surface area contributed by atoms with Gasteiger partial charge >= 0.3 is 0 Å². The molecule has 2 aromatic carbocycles. The molecule has 0 aliphatic carbocycles. The third kappa shape index (κ3) is 1.90. The number of aromatic nitrogens is 2. The fraction of sp³-hybridized carbons (Fsp3) is 0.188. The molecule has 2 nitrogen and oxygen atoms in total. The highest BCUT2D eigenvalue weighted by Crippen LogP contribution is 2.10. The molecule has 0 atom stereocenters. The van der Waals surface area contributed by atoms with Crippen molar-refractivity contribution in [3.8, 4) is 0 Å². The lowest BCUT2D eigenvalue weighted by atomic mass is 10.2. The lowest BCUT2D eigenvalue weighted by molar-refractivity contribution is -0.669. The van der Waals surface area contributed by atoms with Gasteiger partial charge in [-0.05, 0) is 17.7 Å². The maximum absolute atomic E-state index is 3.50. The van der Waals surface area contributed by atoms with Crippen LogP contribution in [-0.4, -0.2) is 4.98 Å². The van der Waals surface area contributed by atoms with Gasteiger partial charge in [0.1, 0.15) is 6.54 Å². The summed E-state index contributed by atoms with van der Waals surface area (Å²) in [6.07, 6.45) is 1.02. The lowest BCUT2D eigenvalue weighted by Crippen LogP contribution is -2.37. The van der Waals surface area contributed by atoms with Crippen molar-refractivity contribution in [3.05, 3.63) is 66.0 Å². The number of benzene rings is 2. The van der Waals surface area contributed by atoms with Gasteiger partial charge in [0, 0.05) is 6.42 Å². The van der Waals surface area contributed by atoms with Gasteiger partial charge < -0.3 is 0 Å². The molecule has 0 spiro atoms. The molecule has 18 heavy (non-hydrogen) atoms. The van der Waals surface area contributed by atoms with Gasteiger partial charge in [-0.1, -0.05) is 49.4 Å². The Bertz CT molecular complexity index is 653. The lowest BCUT2D eigenvalue weighted by Gasteiger charge is -2.01. The number of fused-ring (bicyclic) bond motifs is 1. The highest BCUT2D eigenvalue weighted by atomic mass is 15.1. The minimum absolute atomic E-state index is 0.925. The molecule has 3 aromatic rings. The van der Waals surface area contributed by atoms with Crippen molar-refractivity contribution < 1.29 is 4.57 Å². The van der Waals surface area contributed by atoms with E-state index in [0.717, 1.165) is 13.0 Å². The van der Waals surface area contributed by atoms with Gasteiger partial charge in [-0.2, -0.15) is 0 Å². The molecule has 0 aliphatic heterocycles. The predicted octanol–water partition coefficient (Wildman–Crippen LogP) is 3.07. The van der Waals surface area contributed by atoms with E-state index >= 15 is 0 Å². The zero-order valence-corrected chi connectivity index (χ0v) is 10.6. The van der Waals surface area contributed by atoms with Crippen LogP contribution in [0.2, 0.25) is 0 Å². The Labute approximate surface area is 107 Å². The van der Waals surface area contributed by atoms with Gasteiger partial charge in [0.15, 0.2) is 11.0 Å². The first-order valence-electron chi connectivity index (χ1n) is 6.42. The van der Waals surface area contributed by atoms with E-state index < -0.39 is 0 Å². The number of para-hydroxylation sites is 2. The van der Waals surface area contributed by atoms with Crippen molar-refractivity contribution in [2.75, 3.05) is 0 Å². The van der Waals surface area contributed by atoms with Gasteiger partial charge in [0.2, 0.25) is 0 Å². The Kier molecular flexibility index (Phi) is 2.85. The summed E-state index contributed by atoms with van der Waals surface area (Å²) in [5, 5.41) is 0. The molecule has 0 radical (unpaired) electrons. The van der Waals surface area contributed by atoms with E-state index in [0.29, 0.717) is 0 Å². The smallest absolute Gasteiger partial charge is 0.241 e. The molecule has 3 rings (SSSR count). The Morgan fingerprint density at radius 1 is 0.944 bits per heavy atom. The fourth-order valence-electron chi connectivity index (χ4n) is 2.41. The van der Waals surface area contributed by atoms with Crippen LogP contribution in [0.25, 0.3) is 11.0 Å². The van der Waals surface area contributed by atoms with Crippen LogP contribution in [0.3, 0.4) is 0 Å². The number of nitrogens with zero attached hydrogens (tertiary/aromatic N) is 1. The van der Waals surface area contributed by atoms with Crippen molar-refractivity contribution in [2.45, 2.75) is 19.9 Å². The van der Waals surface area contributed by atoms with Crippen molar-refractivity contribution in [3.63, 3.8) is 0 Å². The van der Waals surface area contributed by atoms with Crippen LogP contribution in [0.4, 0.5) is 0 Å². The third-order valence-electron chi connectivity index (χ3n) is 3.32. The van der Waals surface area contributed by atoms with Crippen molar-refractivity contribution in [1.29, 1.82) is 0 Å². The summed E-state index contributed by atoms with van der Waals surface area (Å²) in [6, 6.07) is 19.1. The Morgan fingerprint density at radius 3 is 2.44 bits per heavy atom. The van der Waals surface area contributed by atoms with Crippen LogP contribution in [-0.2, 0) is 13.0 Å². The summed E-state index contributed by atoms with van der Waals surface area (Å²) in [5.74, 6) is 1.28. The van der Waals surface area contributed by atoms with E-state index in [2.05, 4.69) is 71.1 Å². The second kappa shape index (κ2) is 4.65. The first-order valence-corrected chi connectivity index (χ1v) is 6.42. The number of H-pyrrole nitrogens is 1. The average Bonchev–Trinajstić information content (AvgIpc) is 2.78. The van der Waals surface area contributed by atoms with E-state index in [-0.39, 0.29) is 0 Å². The monoisotopic (exact) mass is 237 g/mol. The number of hydrogen-bond acceptors (Lipinski definition) is 0. The molecule has 0 bridgehead atoms. The summed E-state index contributed by atoms with van der Waals surface area (Å²) >= 11 is 0. The number of nitrogens with one attached hydrogen (secondary N) is 1. The van der Waals surface area contributed by atoms with Gasteiger partial charge in [-0.25, -0.2) is 9.55 Å². The zero-order chi connectivity index (χ0) is 12.4. The molecule has 90 valence electrons. The van der Waals surface area contributed by atoms with E-state index in [9.17, 15) is 0 Å². The molecule has 0 unspecified atom stereocenters. The van der Waals surface area contributed by atoms with E-state index in [1.807, 2.05) is 0 Å². The minimum Gasteiger partial charge on any atom is -0.241 e. The average molecular weight is 237 g/mol. The Morgan fingerprint density at radius 2 is 1.67 bits per heavy atom. The molecule has 1 aromatic heterocycles. The molecule has 2 heteroatoms. The highest BCUT2D eigenvalue weighted by Gasteiger charge is 2.16. The maximum atomic E-state index is 3.50. The van der Waals surface area contributed by atoms with Crippen LogP contribution in [0.1, 0.15) is 18.3 Å². The molecule has 0 saturated heterocycles. The van der Waals surface area contributed by atoms with E-state index in [4.69, 9.17) is 0 Å². The van der Waals surface area contributed by atoms with Crippen molar-refractivity contribution in [1.82, 2.24) is 4.98 Å². The zero-order valence-electron chi connectivity index (χ0n) is 10.6. The van der Waals surface area contributed by atoms with Crippen molar-refractivity contribution in [2.24, 2.45) is 0 Å². The second-order valence-corrected chi connectivity index (χ2v) is 4.51. The number of rotatable bonds is 3. The molecule has 1 heterocycles. The normalized spacial score (nSPS) is 10.9. The first kappa shape index (κ1) is 11.0. The second-order valence-electron chi connectivity index (χ2n) is 4.51. The molecule has 0 saturated carbocycles. The van der Waals surface area contributed by atoms with Crippen molar-refractivity contribution >= 4 is 11.0 Å². The van der Waals surface area contributed by atoms with E-state index in [1.54, 1.807) is 0 Å². The summed E-state index contributed by atoms with van der Waals surface area (Å²) < 4.78 is 2.37. The number of aromatic amines is 1. The number of imidazole rings is 1.